The molecule has 2 aromatic rings. The van der Waals surface area contributed by atoms with Crippen molar-refractivity contribution < 1.29 is 9.90 Å². The molecule has 4 rings (SSSR count). The first-order valence-corrected chi connectivity index (χ1v) is 11.6. The van der Waals surface area contributed by atoms with Crippen LogP contribution in [0.15, 0.2) is 6.20 Å². The second-order valence-corrected chi connectivity index (χ2v) is 9.16. The maximum absolute atomic E-state index is 13.1. The Hall–Kier alpha value is -2.45. The number of hydrogen-bond donors (Lipinski definition) is 2. The number of carbonyl (C=O) groups is 1. The standard InChI is InChI=1S/C23H31ClN6O2/c1-4-17-13(2)9-26-18(14(17)3)11-29-10-15(20-21(24)27-23(25)28-22(20)29)8-19(32)30-7-5-6-16(30)12-31/h9,15-16,31H,4-8,10-12H2,1-3H3,(H2,25,27,28)/t15-,16-/m0/s1. The fraction of sp³-hybridized carbons (Fsp3) is 0.565. The monoisotopic (exact) mass is 458 g/mol. The highest BCUT2D eigenvalue weighted by atomic mass is 35.5. The molecule has 0 saturated carbocycles. The van der Waals surface area contributed by atoms with Gasteiger partial charge >= 0.3 is 0 Å². The minimum Gasteiger partial charge on any atom is -0.394 e. The molecule has 32 heavy (non-hydrogen) atoms. The summed E-state index contributed by atoms with van der Waals surface area (Å²) in [6, 6.07) is -0.0931. The molecule has 0 spiro atoms. The van der Waals surface area contributed by atoms with Crippen LogP contribution in [0.4, 0.5) is 11.8 Å². The van der Waals surface area contributed by atoms with Crippen LogP contribution in [-0.4, -0.2) is 56.6 Å². The van der Waals surface area contributed by atoms with E-state index in [-0.39, 0.29) is 30.4 Å². The van der Waals surface area contributed by atoms with Gasteiger partial charge < -0.3 is 20.6 Å². The molecule has 0 aromatic carbocycles. The zero-order chi connectivity index (χ0) is 23.0. The number of nitrogens with zero attached hydrogens (tertiary/aromatic N) is 5. The van der Waals surface area contributed by atoms with Crippen LogP contribution in [0.25, 0.3) is 0 Å². The molecule has 0 bridgehead atoms. The minimum atomic E-state index is -0.137. The SMILES string of the molecule is CCc1c(C)cnc(CN2C[C@H](CC(=O)N3CCC[C@H]3CO)c3c(Cl)nc(N)nc32)c1C. The smallest absolute Gasteiger partial charge is 0.223 e. The molecule has 0 aliphatic carbocycles. The third-order valence-corrected chi connectivity index (χ3v) is 7.13. The van der Waals surface area contributed by atoms with Gasteiger partial charge in [-0.2, -0.15) is 4.98 Å². The van der Waals surface area contributed by atoms with Gasteiger partial charge in [-0.3, -0.25) is 9.78 Å². The van der Waals surface area contributed by atoms with E-state index in [2.05, 4.69) is 40.6 Å². The van der Waals surface area contributed by atoms with E-state index >= 15 is 0 Å². The minimum absolute atomic E-state index is 0.00233. The van der Waals surface area contributed by atoms with Gasteiger partial charge in [-0.15, -0.1) is 0 Å². The number of pyridine rings is 1. The number of likely N-dealkylation sites (tertiary alicyclic amines) is 1. The number of aromatic nitrogens is 3. The van der Waals surface area contributed by atoms with Crippen LogP contribution in [0.1, 0.15) is 60.1 Å². The van der Waals surface area contributed by atoms with Gasteiger partial charge in [0, 0.05) is 37.2 Å². The Bertz CT molecular complexity index is 1030. The number of aliphatic hydroxyl groups excluding tert-OH is 1. The van der Waals surface area contributed by atoms with Gasteiger partial charge in [0.15, 0.2) is 0 Å². The molecule has 2 aromatic heterocycles. The lowest BCUT2D eigenvalue weighted by molar-refractivity contribution is -0.133. The summed E-state index contributed by atoms with van der Waals surface area (Å²) in [5.41, 5.74) is 11.4. The Morgan fingerprint density at radius 1 is 1.34 bits per heavy atom. The summed E-state index contributed by atoms with van der Waals surface area (Å²) in [5, 5.41) is 9.91. The lowest BCUT2D eigenvalue weighted by Crippen LogP contribution is -2.38. The fourth-order valence-corrected chi connectivity index (χ4v) is 5.50. The Kier molecular flexibility index (Phi) is 6.53. The van der Waals surface area contributed by atoms with Crippen molar-refractivity contribution in [2.24, 2.45) is 0 Å². The van der Waals surface area contributed by atoms with Gasteiger partial charge in [-0.05, 0) is 49.8 Å². The largest absolute Gasteiger partial charge is 0.394 e. The third-order valence-electron chi connectivity index (χ3n) is 6.84. The van der Waals surface area contributed by atoms with Gasteiger partial charge in [-0.25, -0.2) is 4.98 Å². The highest BCUT2D eigenvalue weighted by molar-refractivity contribution is 6.30. The van der Waals surface area contributed by atoms with Crippen molar-refractivity contribution in [2.45, 2.75) is 65.0 Å². The van der Waals surface area contributed by atoms with Gasteiger partial charge in [0.25, 0.3) is 0 Å². The fourth-order valence-electron chi connectivity index (χ4n) is 5.17. The van der Waals surface area contributed by atoms with Crippen LogP contribution in [0.3, 0.4) is 0 Å². The molecule has 1 saturated heterocycles. The van der Waals surface area contributed by atoms with Crippen LogP contribution in [0, 0.1) is 13.8 Å². The number of amides is 1. The molecule has 2 atom stereocenters. The lowest BCUT2D eigenvalue weighted by atomic mass is 9.99. The summed E-state index contributed by atoms with van der Waals surface area (Å²) in [6.45, 7) is 8.18. The van der Waals surface area contributed by atoms with E-state index in [1.54, 1.807) is 4.90 Å². The Morgan fingerprint density at radius 3 is 2.84 bits per heavy atom. The number of aryl methyl sites for hydroxylation is 1. The molecule has 2 aliphatic heterocycles. The number of carbonyl (C=O) groups excluding carboxylic acids is 1. The highest BCUT2D eigenvalue weighted by Gasteiger charge is 2.37. The van der Waals surface area contributed by atoms with Crippen LogP contribution in [0.5, 0.6) is 0 Å². The third kappa shape index (κ3) is 4.13. The average molecular weight is 459 g/mol. The number of aliphatic hydroxyl groups is 1. The lowest BCUT2D eigenvalue weighted by Gasteiger charge is -2.25. The van der Waals surface area contributed by atoms with Crippen LogP contribution in [0.2, 0.25) is 5.15 Å². The van der Waals surface area contributed by atoms with Crippen molar-refractivity contribution in [2.75, 3.05) is 30.3 Å². The van der Waals surface area contributed by atoms with Crippen molar-refractivity contribution in [1.29, 1.82) is 0 Å². The Balaban J connectivity index is 1.62. The molecule has 4 heterocycles. The van der Waals surface area contributed by atoms with E-state index < -0.39 is 0 Å². The first kappa shape index (κ1) is 22.7. The number of anilines is 2. The first-order valence-electron chi connectivity index (χ1n) is 11.3. The number of nitrogens with two attached hydrogens (primary N) is 1. The second kappa shape index (κ2) is 9.19. The van der Waals surface area contributed by atoms with Gasteiger partial charge in [0.1, 0.15) is 11.0 Å². The maximum atomic E-state index is 13.1. The quantitative estimate of drug-likeness (QED) is 0.640. The van der Waals surface area contributed by atoms with Gasteiger partial charge in [0.05, 0.1) is 24.9 Å². The summed E-state index contributed by atoms with van der Waals surface area (Å²) in [6.07, 6.45) is 4.93. The molecule has 172 valence electrons. The van der Waals surface area contributed by atoms with E-state index in [1.807, 2.05) is 6.20 Å². The normalized spacial score (nSPS) is 20.2. The summed E-state index contributed by atoms with van der Waals surface area (Å²) in [7, 11) is 0. The summed E-state index contributed by atoms with van der Waals surface area (Å²) >= 11 is 6.50. The summed E-state index contributed by atoms with van der Waals surface area (Å²) in [5.74, 6) is 0.695. The molecule has 8 nitrogen and oxygen atoms in total. The molecule has 0 unspecified atom stereocenters. The summed E-state index contributed by atoms with van der Waals surface area (Å²) < 4.78 is 0. The number of hydrogen-bond acceptors (Lipinski definition) is 7. The molecule has 1 amide bonds. The van der Waals surface area contributed by atoms with Crippen molar-refractivity contribution >= 4 is 29.3 Å². The van der Waals surface area contributed by atoms with E-state index in [1.165, 1.54) is 16.7 Å². The van der Waals surface area contributed by atoms with Crippen molar-refractivity contribution in [3.8, 4) is 0 Å². The van der Waals surface area contributed by atoms with E-state index in [4.69, 9.17) is 17.3 Å². The maximum Gasteiger partial charge on any atom is 0.223 e. The Labute approximate surface area is 193 Å². The van der Waals surface area contributed by atoms with Crippen LogP contribution < -0.4 is 10.6 Å². The molecule has 1 fully saturated rings. The van der Waals surface area contributed by atoms with Crippen molar-refractivity contribution in [1.82, 2.24) is 19.9 Å². The zero-order valence-corrected chi connectivity index (χ0v) is 19.7. The van der Waals surface area contributed by atoms with E-state index in [9.17, 15) is 9.90 Å². The van der Waals surface area contributed by atoms with Crippen molar-refractivity contribution in [3.05, 3.63) is 39.3 Å². The number of rotatable bonds is 6. The zero-order valence-electron chi connectivity index (χ0n) is 18.9. The number of halogens is 1. The van der Waals surface area contributed by atoms with Gasteiger partial charge in [-0.1, -0.05) is 18.5 Å². The van der Waals surface area contributed by atoms with Gasteiger partial charge in [0.2, 0.25) is 11.9 Å². The highest BCUT2D eigenvalue weighted by Crippen LogP contribution is 2.42. The molecule has 0 radical (unpaired) electrons. The molecule has 3 N–H and O–H groups in total. The van der Waals surface area contributed by atoms with E-state index in [0.717, 1.165) is 30.5 Å². The van der Waals surface area contributed by atoms with Crippen LogP contribution in [-0.2, 0) is 17.8 Å². The first-order chi connectivity index (χ1) is 15.3. The Morgan fingerprint density at radius 2 is 2.12 bits per heavy atom. The predicted octanol–water partition coefficient (Wildman–Crippen LogP) is 2.76. The molecule has 9 heteroatoms. The predicted molar refractivity (Wildman–Crippen MR) is 125 cm³/mol. The topological polar surface area (TPSA) is 108 Å². The number of fused-ring (bicyclic) bond motifs is 1. The van der Waals surface area contributed by atoms with E-state index in [0.29, 0.717) is 37.0 Å². The molecular weight excluding hydrogens is 428 g/mol. The average Bonchev–Trinajstić information content (AvgIpc) is 3.35. The second-order valence-electron chi connectivity index (χ2n) is 8.80. The molecular formula is C23H31ClN6O2. The van der Waals surface area contributed by atoms with Crippen molar-refractivity contribution in [3.63, 3.8) is 0 Å². The summed E-state index contributed by atoms with van der Waals surface area (Å²) in [4.78, 5) is 30.3. The molecule has 2 aliphatic rings. The van der Waals surface area contributed by atoms with Crippen LogP contribution >= 0.6 is 11.6 Å². The number of nitrogen functional groups attached to an aromatic ring is 1.